The van der Waals surface area contributed by atoms with Crippen LogP contribution in [0.5, 0.6) is 0 Å². The third kappa shape index (κ3) is 3.99. The van der Waals surface area contributed by atoms with Crippen LogP contribution in [0.15, 0.2) is 35.4 Å². The molecule has 0 radical (unpaired) electrons. The predicted molar refractivity (Wildman–Crippen MR) is 99.3 cm³/mol. The number of halogens is 1. The van der Waals surface area contributed by atoms with Crippen molar-refractivity contribution in [3.8, 4) is 0 Å². The van der Waals surface area contributed by atoms with E-state index in [1.165, 1.54) is 12.6 Å². The van der Waals surface area contributed by atoms with Gasteiger partial charge in [-0.2, -0.15) is 0 Å². The molecule has 1 aromatic heterocycles. The van der Waals surface area contributed by atoms with E-state index >= 15 is 0 Å². The van der Waals surface area contributed by atoms with Gasteiger partial charge in [0, 0.05) is 23.7 Å². The first kappa shape index (κ1) is 17.0. The second-order valence-electron chi connectivity index (χ2n) is 5.60. The summed E-state index contributed by atoms with van der Waals surface area (Å²) in [6.07, 6.45) is 6.96. The van der Waals surface area contributed by atoms with E-state index in [1.807, 2.05) is 30.5 Å². The van der Waals surface area contributed by atoms with E-state index in [9.17, 15) is 4.79 Å². The summed E-state index contributed by atoms with van der Waals surface area (Å²) >= 11 is 7.77. The first-order valence-corrected chi connectivity index (χ1v) is 9.50. The molecule has 2 heterocycles. The summed E-state index contributed by atoms with van der Waals surface area (Å²) in [5.74, 6) is 0.251. The van der Waals surface area contributed by atoms with Crippen LogP contribution in [0, 0.1) is 0 Å². The van der Waals surface area contributed by atoms with Gasteiger partial charge in [-0.1, -0.05) is 17.7 Å². The van der Waals surface area contributed by atoms with Gasteiger partial charge in [-0.15, -0.1) is 11.8 Å². The van der Waals surface area contributed by atoms with Crippen molar-refractivity contribution in [2.45, 2.75) is 24.2 Å². The van der Waals surface area contributed by atoms with Crippen LogP contribution in [0.4, 0.5) is 11.6 Å². The van der Waals surface area contributed by atoms with Crippen LogP contribution in [-0.2, 0) is 0 Å². The second-order valence-corrected chi connectivity index (χ2v) is 6.89. The minimum atomic E-state index is -0.320. The maximum absolute atomic E-state index is 12.6. The number of aromatic nitrogens is 2. The topological polar surface area (TPSA) is 58.1 Å². The number of nitrogens with one attached hydrogen (secondary N) is 1. The first-order valence-electron chi connectivity index (χ1n) is 7.90. The highest BCUT2D eigenvalue weighted by atomic mass is 35.5. The lowest BCUT2D eigenvalue weighted by molar-refractivity contribution is 0.102. The van der Waals surface area contributed by atoms with Gasteiger partial charge in [0.15, 0.2) is 5.69 Å². The summed E-state index contributed by atoms with van der Waals surface area (Å²) < 4.78 is 0. The number of nitrogens with zero attached hydrogens (tertiary/aromatic N) is 3. The molecule has 7 heteroatoms. The molecule has 2 aromatic rings. The van der Waals surface area contributed by atoms with Crippen LogP contribution in [-0.4, -0.2) is 35.2 Å². The fraction of sp³-hybridized carbons (Fsp3) is 0.353. The third-order valence-corrected chi connectivity index (χ3v) is 4.91. The van der Waals surface area contributed by atoms with E-state index in [0.29, 0.717) is 5.95 Å². The normalized spacial score (nSPS) is 14.5. The summed E-state index contributed by atoms with van der Waals surface area (Å²) in [7, 11) is 0. The Morgan fingerprint density at radius 3 is 2.83 bits per heavy atom. The molecule has 0 bridgehead atoms. The number of hydrogen-bond acceptors (Lipinski definition) is 5. The van der Waals surface area contributed by atoms with E-state index in [1.54, 1.807) is 11.8 Å². The lowest BCUT2D eigenvalue weighted by atomic mass is 10.1. The number of rotatable bonds is 4. The van der Waals surface area contributed by atoms with Gasteiger partial charge >= 0.3 is 0 Å². The molecule has 1 aromatic carbocycles. The van der Waals surface area contributed by atoms with Crippen LogP contribution in [0.1, 0.15) is 29.8 Å². The zero-order valence-corrected chi connectivity index (χ0v) is 15.0. The number of carbonyl (C=O) groups excluding carboxylic acids is 1. The Balaban J connectivity index is 1.80. The predicted octanol–water partition coefficient (Wildman–Crippen LogP) is 4.09. The van der Waals surface area contributed by atoms with Crippen LogP contribution in [0.3, 0.4) is 0 Å². The maximum Gasteiger partial charge on any atom is 0.276 e. The number of thioether (sulfide) groups is 1. The Bertz CT molecular complexity index is 734. The quantitative estimate of drug-likeness (QED) is 0.830. The van der Waals surface area contributed by atoms with Gasteiger partial charge in [0.05, 0.1) is 11.2 Å². The second kappa shape index (κ2) is 7.85. The minimum absolute atomic E-state index is 0.210. The lowest BCUT2D eigenvalue weighted by Crippen LogP contribution is -2.31. The van der Waals surface area contributed by atoms with Crippen LogP contribution in [0.2, 0.25) is 5.02 Å². The van der Waals surface area contributed by atoms with Crippen LogP contribution in [0.25, 0.3) is 0 Å². The van der Waals surface area contributed by atoms with Crippen molar-refractivity contribution in [2.75, 3.05) is 29.6 Å². The van der Waals surface area contributed by atoms with Gasteiger partial charge in [0.25, 0.3) is 5.91 Å². The van der Waals surface area contributed by atoms with Crippen molar-refractivity contribution < 1.29 is 4.79 Å². The van der Waals surface area contributed by atoms with Crippen molar-refractivity contribution in [3.63, 3.8) is 0 Å². The Hall–Kier alpha value is -1.79. The summed E-state index contributed by atoms with van der Waals surface area (Å²) in [6.45, 7) is 1.83. The molecule has 1 fully saturated rings. The molecular weight excluding hydrogens is 344 g/mol. The van der Waals surface area contributed by atoms with E-state index in [0.717, 1.165) is 36.5 Å². The molecule has 0 unspecified atom stereocenters. The first-order chi connectivity index (χ1) is 11.7. The van der Waals surface area contributed by atoms with Crippen molar-refractivity contribution in [1.82, 2.24) is 9.97 Å². The summed E-state index contributed by atoms with van der Waals surface area (Å²) in [6, 6.07) is 7.66. The highest BCUT2D eigenvalue weighted by Crippen LogP contribution is 2.22. The molecule has 1 aliphatic heterocycles. The molecule has 126 valence electrons. The molecule has 1 aliphatic rings. The maximum atomic E-state index is 12.6. The number of amides is 1. The zero-order valence-electron chi connectivity index (χ0n) is 13.5. The Labute approximate surface area is 150 Å². The minimum Gasteiger partial charge on any atom is -0.341 e. The van der Waals surface area contributed by atoms with Gasteiger partial charge in [-0.05, 0) is 43.7 Å². The molecule has 0 aliphatic carbocycles. The number of benzene rings is 1. The number of hydrogen-bond donors (Lipinski definition) is 1. The van der Waals surface area contributed by atoms with Gasteiger partial charge in [-0.25, -0.2) is 9.97 Å². The van der Waals surface area contributed by atoms with E-state index < -0.39 is 0 Å². The lowest BCUT2D eigenvalue weighted by Gasteiger charge is -2.26. The van der Waals surface area contributed by atoms with Crippen LogP contribution < -0.4 is 10.2 Å². The van der Waals surface area contributed by atoms with Crippen molar-refractivity contribution in [1.29, 1.82) is 0 Å². The summed E-state index contributed by atoms with van der Waals surface area (Å²) in [5.41, 5.74) is 0.933. The van der Waals surface area contributed by atoms with E-state index in [4.69, 9.17) is 11.6 Å². The molecule has 0 spiro atoms. The Kier molecular flexibility index (Phi) is 5.58. The molecule has 1 N–H and O–H groups in total. The molecule has 3 rings (SSSR count). The third-order valence-electron chi connectivity index (χ3n) is 3.91. The smallest absolute Gasteiger partial charge is 0.276 e. The number of piperidine rings is 1. The summed E-state index contributed by atoms with van der Waals surface area (Å²) in [5, 5.41) is 3.12. The highest BCUT2D eigenvalue weighted by molar-refractivity contribution is 7.98. The fourth-order valence-corrected chi connectivity index (χ4v) is 3.29. The highest BCUT2D eigenvalue weighted by Gasteiger charge is 2.19. The van der Waals surface area contributed by atoms with Gasteiger partial charge in [0.1, 0.15) is 0 Å². The van der Waals surface area contributed by atoms with Gasteiger partial charge < -0.3 is 10.2 Å². The molecular formula is C17H19ClN4OS. The zero-order chi connectivity index (χ0) is 16.9. The molecule has 0 atom stereocenters. The molecule has 24 heavy (non-hydrogen) atoms. The molecule has 0 saturated carbocycles. The van der Waals surface area contributed by atoms with Gasteiger partial charge in [0.2, 0.25) is 5.95 Å². The largest absolute Gasteiger partial charge is 0.341 e. The van der Waals surface area contributed by atoms with E-state index in [2.05, 4.69) is 20.2 Å². The summed E-state index contributed by atoms with van der Waals surface area (Å²) in [4.78, 5) is 24.4. The van der Waals surface area contributed by atoms with Crippen molar-refractivity contribution >= 4 is 40.9 Å². The van der Waals surface area contributed by atoms with E-state index in [-0.39, 0.29) is 16.6 Å². The Morgan fingerprint density at radius 2 is 2.08 bits per heavy atom. The van der Waals surface area contributed by atoms with Crippen LogP contribution >= 0.6 is 23.4 Å². The SMILES string of the molecule is CSc1cccc(NC(=O)c2nc(N3CCCCC3)ncc2Cl)c1. The number of anilines is 2. The monoisotopic (exact) mass is 362 g/mol. The van der Waals surface area contributed by atoms with Crippen molar-refractivity contribution in [2.24, 2.45) is 0 Å². The average molecular weight is 363 g/mol. The van der Waals surface area contributed by atoms with Crippen molar-refractivity contribution in [3.05, 3.63) is 41.2 Å². The fourth-order valence-electron chi connectivity index (χ4n) is 2.65. The molecule has 1 saturated heterocycles. The standard InChI is InChI=1S/C17H19ClN4OS/c1-24-13-7-5-6-12(10-13)20-16(23)15-14(18)11-19-17(21-15)22-8-3-2-4-9-22/h5-7,10-11H,2-4,8-9H2,1H3,(H,20,23). The number of carbonyl (C=O) groups is 1. The Morgan fingerprint density at radius 1 is 1.29 bits per heavy atom. The molecule has 1 amide bonds. The average Bonchev–Trinajstić information content (AvgIpc) is 2.63. The molecule has 5 nitrogen and oxygen atoms in total. The van der Waals surface area contributed by atoms with Gasteiger partial charge in [-0.3, -0.25) is 4.79 Å².